The molecule has 0 aliphatic heterocycles. The van der Waals surface area contributed by atoms with Crippen LogP contribution >= 0.6 is 0 Å². The third-order valence-corrected chi connectivity index (χ3v) is 10.5. The Labute approximate surface area is 328 Å². The maximum Gasteiger partial charge on any atom is 0.166 e. The summed E-state index contributed by atoms with van der Waals surface area (Å²) in [6.07, 6.45) is 0. The number of nitriles is 1. The van der Waals surface area contributed by atoms with E-state index in [2.05, 4.69) is 106 Å². The van der Waals surface area contributed by atoms with Crippen molar-refractivity contribution in [2.45, 2.75) is 0 Å². The van der Waals surface area contributed by atoms with Gasteiger partial charge in [0.05, 0.1) is 51.9 Å². The summed E-state index contributed by atoms with van der Waals surface area (Å²) in [6.45, 7) is 0. The molecule has 6 nitrogen and oxygen atoms in total. The van der Waals surface area contributed by atoms with E-state index in [0.717, 1.165) is 60.1 Å². The molecule has 8 aromatic carbocycles. The van der Waals surface area contributed by atoms with Crippen LogP contribution in [0.1, 0.15) is 12.4 Å². The Kier molecular flexibility index (Phi) is 6.04. The standard InChI is InChI=1S/C50H30N6/c51-31-32-26-28-44(40(30-32)50-53-48(34-15-3-1-4-16-34)52-49(54-50)35-17-5-2-6-18-35)56-42-23-11-9-21-37(42)38-27-29-45-46(47(38)56)39-22-10-12-24-43(39)55(45)41-25-13-19-33-14-7-8-20-36(33)41/h1-30H/i1D,3D,4D,15D,16D. The van der Waals surface area contributed by atoms with Gasteiger partial charge in [-0.05, 0) is 47.9 Å². The Hall–Kier alpha value is -7.88. The fourth-order valence-electron chi connectivity index (χ4n) is 8.09. The van der Waals surface area contributed by atoms with E-state index in [9.17, 15) is 5.26 Å². The van der Waals surface area contributed by atoms with E-state index in [4.69, 9.17) is 21.8 Å². The van der Waals surface area contributed by atoms with E-state index in [-0.39, 0.29) is 23.0 Å². The molecular formula is C50H30N6. The number of nitrogens with zero attached hydrogens (tertiary/aromatic N) is 6. The number of hydrogen-bond acceptors (Lipinski definition) is 4. The Morgan fingerprint density at radius 2 is 1.14 bits per heavy atom. The number of rotatable bonds is 5. The number of benzene rings is 8. The molecule has 0 amide bonds. The monoisotopic (exact) mass is 719 g/mol. The second-order valence-electron chi connectivity index (χ2n) is 13.6. The normalized spacial score (nSPS) is 12.8. The highest BCUT2D eigenvalue weighted by Gasteiger charge is 2.24. The van der Waals surface area contributed by atoms with Crippen molar-refractivity contribution in [3.63, 3.8) is 0 Å². The fourth-order valence-corrected chi connectivity index (χ4v) is 8.09. The van der Waals surface area contributed by atoms with Crippen LogP contribution in [0.15, 0.2) is 182 Å². The van der Waals surface area contributed by atoms with Gasteiger partial charge in [-0.1, -0.05) is 139 Å². The van der Waals surface area contributed by atoms with Crippen LogP contribution in [-0.2, 0) is 0 Å². The largest absolute Gasteiger partial charge is 0.309 e. The Bertz CT molecular complexity index is 3650. The first-order valence-corrected chi connectivity index (χ1v) is 18.2. The molecule has 11 aromatic rings. The van der Waals surface area contributed by atoms with Crippen LogP contribution in [0.4, 0.5) is 0 Å². The van der Waals surface area contributed by atoms with Gasteiger partial charge in [0, 0.05) is 43.6 Å². The lowest BCUT2D eigenvalue weighted by atomic mass is 10.1. The van der Waals surface area contributed by atoms with Gasteiger partial charge in [-0.25, -0.2) is 15.0 Å². The third kappa shape index (κ3) is 4.85. The topological polar surface area (TPSA) is 72.3 Å². The molecular weight excluding hydrogens is 685 g/mol. The summed E-state index contributed by atoms with van der Waals surface area (Å²) in [5.41, 5.74) is 7.01. The summed E-state index contributed by atoms with van der Waals surface area (Å²) in [6, 6.07) is 50.4. The lowest BCUT2D eigenvalue weighted by molar-refractivity contribution is 1.06. The lowest BCUT2D eigenvalue weighted by Crippen LogP contribution is -2.04. The van der Waals surface area contributed by atoms with Gasteiger partial charge < -0.3 is 9.13 Å². The zero-order chi connectivity index (χ0) is 41.5. The van der Waals surface area contributed by atoms with E-state index in [1.807, 2.05) is 48.5 Å². The van der Waals surface area contributed by atoms with Crippen LogP contribution in [0.3, 0.4) is 0 Å². The predicted molar refractivity (Wildman–Crippen MR) is 227 cm³/mol. The van der Waals surface area contributed by atoms with Gasteiger partial charge in [0.1, 0.15) is 0 Å². The van der Waals surface area contributed by atoms with Gasteiger partial charge in [-0.2, -0.15) is 5.26 Å². The molecule has 0 aliphatic carbocycles. The molecule has 0 spiro atoms. The second-order valence-corrected chi connectivity index (χ2v) is 13.6. The third-order valence-electron chi connectivity index (χ3n) is 10.5. The summed E-state index contributed by atoms with van der Waals surface area (Å²) in [4.78, 5) is 14.6. The van der Waals surface area contributed by atoms with Crippen molar-refractivity contribution in [2.75, 3.05) is 0 Å². The zero-order valence-electron chi connectivity index (χ0n) is 34.6. The molecule has 3 aromatic heterocycles. The van der Waals surface area contributed by atoms with Crippen molar-refractivity contribution in [1.29, 1.82) is 5.26 Å². The van der Waals surface area contributed by atoms with Crippen molar-refractivity contribution >= 4 is 54.4 Å². The van der Waals surface area contributed by atoms with Crippen LogP contribution in [0.2, 0.25) is 0 Å². The van der Waals surface area contributed by atoms with Crippen molar-refractivity contribution in [3.8, 4) is 51.6 Å². The summed E-state index contributed by atoms with van der Waals surface area (Å²) >= 11 is 0. The maximum absolute atomic E-state index is 10.3. The number of aromatic nitrogens is 5. The number of hydrogen-bond donors (Lipinski definition) is 0. The van der Waals surface area contributed by atoms with Crippen LogP contribution in [-0.4, -0.2) is 24.1 Å². The molecule has 0 bridgehead atoms. The minimum Gasteiger partial charge on any atom is -0.309 e. The first-order chi connectivity index (χ1) is 29.8. The Balaban J connectivity index is 1.27. The first kappa shape index (κ1) is 26.8. The summed E-state index contributed by atoms with van der Waals surface area (Å²) < 4.78 is 47.4. The minimum absolute atomic E-state index is 0.0862. The summed E-state index contributed by atoms with van der Waals surface area (Å²) in [5, 5.41) is 16.7. The second kappa shape index (κ2) is 12.6. The molecule has 11 rings (SSSR count). The van der Waals surface area contributed by atoms with Crippen LogP contribution in [0.25, 0.3) is 99.9 Å². The SMILES string of the molecule is [2H]c1c([2H])c([2H])c(-c2nc(-c3ccccc3)nc(-c3cc(C#N)ccc3-n3c4ccccc4c4ccc5c(c6ccccc6n5-c5cccc6ccccc56)c43)n2)c([2H])c1[2H]. The van der Waals surface area contributed by atoms with E-state index in [0.29, 0.717) is 22.4 Å². The van der Waals surface area contributed by atoms with Crippen LogP contribution in [0.5, 0.6) is 0 Å². The van der Waals surface area contributed by atoms with E-state index >= 15 is 0 Å². The Morgan fingerprint density at radius 3 is 1.95 bits per heavy atom. The van der Waals surface area contributed by atoms with E-state index in [1.54, 1.807) is 12.1 Å². The molecule has 56 heavy (non-hydrogen) atoms. The molecule has 0 aliphatic rings. The van der Waals surface area contributed by atoms with Gasteiger partial charge in [0.15, 0.2) is 17.5 Å². The highest BCUT2D eigenvalue weighted by Crippen LogP contribution is 2.44. The molecule has 6 heteroatoms. The van der Waals surface area contributed by atoms with Gasteiger partial charge >= 0.3 is 0 Å². The summed E-state index contributed by atoms with van der Waals surface area (Å²) in [7, 11) is 0. The molecule has 0 atom stereocenters. The van der Waals surface area contributed by atoms with Crippen molar-refractivity contribution in [2.24, 2.45) is 0 Å². The molecule has 260 valence electrons. The highest BCUT2D eigenvalue weighted by atomic mass is 15.1. The highest BCUT2D eigenvalue weighted by molar-refractivity contribution is 6.26. The molecule has 0 saturated heterocycles. The molecule has 3 heterocycles. The quantitative estimate of drug-likeness (QED) is 0.177. The fraction of sp³-hybridized carbons (Fsp3) is 0. The average Bonchev–Trinajstić information content (AvgIpc) is 3.83. The van der Waals surface area contributed by atoms with Crippen molar-refractivity contribution in [1.82, 2.24) is 24.1 Å². The lowest BCUT2D eigenvalue weighted by Gasteiger charge is -2.16. The smallest absolute Gasteiger partial charge is 0.166 e. The number of fused-ring (bicyclic) bond motifs is 8. The Morgan fingerprint density at radius 1 is 0.482 bits per heavy atom. The van der Waals surface area contributed by atoms with Gasteiger partial charge in [-0.3, -0.25) is 0 Å². The van der Waals surface area contributed by atoms with Gasteiger partial charge in [0.2, 0.25) is 0 Å². The van der Waals surface area contributed by atoms with Crippen molar-refractivity contribution < 1.29 is 6.85 Å². The minimum atomic E-state index is -0.514. The molecule has 0 fully saturated rings. The molecule has 0 unspecified atom stereocenters. The molecule has 0 radical (unpaired) electrons. The molecule has 0 N–H and O–H groups in total. The maximum atomic E-state index is 10.3. The summed E-state index contributed by atoms with van der Waals surface area (Å²) in [5.74, 6) is 0.319. The predicted octanol–water partition coefficient (Wildman–Crippen LogP) is 12.1. The van der Waals surface area contributed by atoms with E-state index in [1.165, 1.54) is 0 Å². The van der Waals surface area contributed by atoms with Crippen molar-refractivity contribution in [3.05, 3.63) is 187 Å². The van der Waals surface area contributed by atoms with E-state index < -0.39 is 30.2 Å². The van der Waals surface area contributed by atoms with Crippen LogP contribution in [0, 0.1) is 11.3 Å². The molecule has 0 saturated carbocycles. The van der Waals surface area contributed by atoms with Gasteiger partial charge in [0.25, 0.3) is 0 Å². The van der Waals surface area contributed by atoms with Gasteiger partial charge in [-0.15, -0.1) is 0 Å². The van der Waals surface area contributed by atoms with Crippen LogP contribution < -0.4 is 0 Å². The first-order valence-electron chi connectivity index (χ1n) is 20.7. The number of para-hydroxylation sites is 2. The average molecular weight is 720 g/mol. The zero-order valence-corrected chi connectivity index (χ0v) is 29.6.